The van der Waals surface area contributed by atoms with Gasteiger partial charge in [0.1, 0.15) is 5.82 Å². The number of amides is 1. The molecule has 1 amide bonds. The Labute approximate surface area is 185 Å². The van der Waals surface area contributed by atoms with E-state index in [1.807, 2.05) is 41.3 Å². The van der Waals surface area contributed by atoms with Gasteiger partial charge in [0, 0.05) is 42.7 Å². The predicted octanol–water partition coefficient (Wildman–Crippen LogP) is 4.38. The lowest BCUT2D eigenvalue weighted by atomic mass is 10.0. The predicted molar refractivity (Wildman–Crippen MR) is 119 cm³/mol. The van der Waals surface area contributed by atoms with Gasteiger partial charge in [-0.1, -0.05) is 47.6 Å². The molecule has 0 bridgehead atoms. The number of halogens is 1. The van der Waals surface area contributed by atoms with Crippen LogP contribution in [0.3, 0.4) is 0 Å². The van der Waals surface area contributed by atoms with E-state index in [4.69, 9.17) is 4.52 Å². The quantitative estimate of drug-likeness (QED) is 0.481. The van der Waals surface area contributed by atoms with Crippen molar-refractivity contribution in [3.05, 3.63) is 83.9 Å². The largest absolute Gasteiger partial charge is 0.337 e. The smallest absolute Gasteiger partial charge is 0.257 e. The van der Waals surface area contributed by atoms with Crippen molar-refractivity contribution in [3.8, 4) is 11.5 Å². The standard InChI is InChI=1S/C25H23FN4O2/c26-22-12-11-21(19-9-4-5-10-20(19)22)25(31)30-14-6-13-29(15-16-30)17-23-27-24(32-28-23)18-7-2-1-3-8-18/h1-5,7-12H,6,13-17H2. The summed E-state index contributed by atoms with van der Waals surface area (Å²) in [5, 5.41) is 5.24. The minimum absolute atomic E-state index is 0.0611. The molecule has 0 spiro atoms. The molecule has 2 heterocycles. The van der Waals surface area contributed by atoms with Crippen LogP contribution >= 0.6 is 0 Å². The highest BCUT2D eigenvalue weighted by Crippen LogP contribution is 2.24. The van der Waals surface area contributed by atoms with E-state index in [1.54, 1.807) is 24.3 Å². The molecule has 0 unspecified atom stereocenters. The van der Waals surface area contributed by atoms with E-state index in [0.717, 1.165) is 18.5 Å². The molecule has 1 aliphatic heterocycles. The Hall–Kier alpha value is -3.58. The van der Waals surface area contributed by atoms with Gasteiger partial charge in [0.15, 0.2) is 5.82 Å². The summed E-state index contributed by atoms with van der Waals surface area (Å²) < 4.78 is 19.6. The summed E-state index contributed by atoms with van der Waals surface area (Å²) in [6.45, 7) is 3.36. The Bertz CT molecular complexity index is 1240. The second-order valence-electron chi connectivity index (χ2n) is 7.94. The number of aromatic nitrogens is 2. The first-order valence-electron chi connectivity index (χ1n) is 10.8. The zero-order valence-corrected chi connectivity index (χ0v) is 17.6. The summed E-state index contributed by atoms with van der Waals surface area (Å²) in [5.74, 6) is 0.770. The van der Waals surface area contributed by atoms with Crippen LogP contribution in [0.25, 0.3) is 22.2 Å². The van der Waals surface area contributed by atoms with Gasteiger partial charge in [-0.05, 0) is 36.1 Å². The Morgan fingerprint density at radius 3 is 2.53 bits per heavy atom. The third-order valence-electron chi connectivity index (χ3n) is 5.83. The first kappa shape index (κ1) is 20.3. The zero-order valence-electron chi connectivity index (χ0n) is 17.6. The molecule has 3 aromatic carbocycles. The highest BCUT2D eigenvalue weighted by Gasteiger charge is 2.23. The Kier molecular flexibility index (Phi) is 5.64. The van der Waals surface area contributed by atoms with Crippen LogP contribution in [0.4, 0.5) is 4.39 Å². The molecule has 1 fully saturated rings. The van der Waals surface area contributed by atoms with E-state index >= 15 is 0 Å². The lowest BCUT2D eigenvalue weighted by Gasteiger charge is -2.22. The molecule has 0 aliphatic carbocycles. The maximum Gasteiger partial charge on any atom is 0.257 e. The fourth-order valence-electron chi connectivity index (χ4n) is 4.17. The lowest BCUT2D eigenvalue weighted by molar-refractivity contribution is 0.0763. The molecular weight excluding hydrogens is 407 g/mol. The van der Waals surface area contributed by atoms with Crippen molar-refractivity contribution in [2.24, 2.45) is 0 Å². The Morgan fingerprint density at radius 1 is 0.906 bits per heavy atom. The maximum absolute atomic E-state index is 14.2. The molecule has 6 nitrogen and oxygen atoms in total. The normalized spacial score (nSPS) is 15.1. The summed E-state index contributed by atoms with van der Waals surface area (Å²) in [7, 11) is 0. The minimum atomic E-state index is -0.311. The average Bonchev–Trinajstić information content (AvgIpc) is 3.17. The van der Waals surface area contributed by atoms with Crippen molar-refractivity contribution in [1.82, 2.24) is 19.9 Å². The van der Waals surface area contributed by atoms with E-state index in [2.05, 4.69) is 15.0 Å². The molecule has 7 heteroatoms. The van der Waals surface area contributed by atoms with Crippen molar-refractivity contribution in [1.29, 1.82) is 0 Å². The minimum Gasteiger partial charge on any atom is -0.337 e. The molecule has 0 saturated carbocycles. The number of rotatable bonds is 4. The Balaban J connectivity index is 1.26. The Morgan fingerprint density at radius 2 is 1.69 bits per heavy atom. The summed E-state index contributed by atoms with van der Waals surface area (Å²) in [5.41, 5.74) is 1.44. The average molecular weight is 430 g/mol. The number of nitrogens with zero attached hydrogens (tertiary/aromatic N) is 4. The number of carbonyl (C=O) groups is 1. The van der Waals surface area contributed by atoms with Gasteiger partial charge in [0.2, 0.25) is 0 Å². The number of carbonyl (C=O) groups excluding carboxylic acids is 1. The van der Waals surface area contributed by atoms with Gasteiger partial charge < -0.3 is 9.42 Å². The molecule has 32 heavy (non-hydrogen) atoms. The molecule has 162 valence electrons. The highest BCUT2D eigenvalue weighted by atomic mass is 19.1. The molecule has 1 aromatic heterocycles. The van der Waals surface area contributed by atoms with E-state index < -0.39 is 0 Å². The number of fused-ring (bicyclic) bond motifs is 1. The van der Waals surface area contributed by atoms with E-state index in [9.17, 15) is 9.18 Å². The second kappa shape index (κ2) is 8.88. The fourth-order valence-corrected chi connectivity index (χ4v) is 4.17. The van der Waals surface area contributed by atoms with Crippen molar-refractivity contribution in [2.45, 2.75) is 13.0 Å². The van der Waals surface area contributed by atoms with Crippen LogP contribution in [0.1, 0.15) is 22.6 Å². The van der Waals surface area contributed by atoms with Crippen LogP contribution in [0, 0.1) is 5.82 Å². The molecular formula is C25H23FN4O2. The number of benzene rings is 3. The molecule has 5 rings (SSSR count). The molecule has 1 saturated heterocycles. The summed E-state index contributed by atoms with van der Waals surface area (Å²) in [6, 6.07) is 19.8. The van der Waals surface area contributed by atoms with Crippen LogP contribution in [0.2, 0.25) is 0 Å². The number of hydrogen-bond acceptors (Lipinski definition) is 5. The zero-order chi connectivity index (χ0) is 21.9. The van der Waals surface area contributed by atoms with Gasteiger partial charge in [0.25, 0.3) is 11.8 Å². The van der Waals surface area contributed by atoms with Crippen LogP contribution in [0.5, 0.6) is 0 Å². The van der Waals surface area contributed by atoms with Crippen molar-refractivity contribution in [2.75, 3.05) is 26.2 Å². The SMILES string of the molecule is O=C(c1ccc(F)c2ccccc12)N1CCCN(Cc2noc(-c3ccccc3)n2)CC1. The molecule has 4 aromatic rings. The van der Waals surface area contributed by atoms with Crippen LogP contribution < -0.4 is 0 Å². The van der Waals surface area contributed by atoms with Gasteiger partial charge in [0.05, 0.1) is 6.54 Å². The van der Waals surface area contributed by atoms with Crippen LogP contribution in [-0.2, 0) is 6.54 Å². The first-order chi connectivity index (χ1) is 15.7. The summed E-state index contributed by atoms with van der Waals surface area (Å²) in [6.07, 6.45) is 0.842. The first-order valence-corrected chi connectivity index (χ1v) is 10.8. The van der Waals surface area contributed by atoms with Crippen LogP contribution in [-0.4, -0.2) is 52.0 Å². The molecule has 1 aliphatic rings. The van der Waals surface area contributed by atoms with Crippen LogP contribution in [0.15, 0.2) is 71.3 Å². The van der Waals surface area contributed by atoms with Crippen molar-refractivity contribution in [3.63, 3.8) is 0 Å². The van der Waals surface area contributed by atoms with Gasteiger partial charge >= 0.3 is 0 Å². The van der Waals surface area contributed by atoms with Gasteiger partial charge in [-0.3, -0.25) is 9.69 Å². The molecule has 0 N–H and O–H groups in total. The van der Waals surface area contributed by atoms with Crippen molar-refractivity contribution >= 4 is 16.7 Å². The highest BCUT2D eigenvalue weighted by molar-refractivity contribution is 6.07. The van der Waals surface area contributed by atoms with Gasteiger partial charge in [-0.2, -0.15) is 4.98 Å². The fraction of sp³-hybridized carbons (Fsp3) is 0.240. The third kappa shape index (κ3) is 4.11. The second-order valence-corrected chi connectivity index (χ2v) is 7.94. The van der Waals surface area contributed by atoms with Gasteiger partial charge in [-0.15, -0.1) is 0 Å². The molecule has 0 atom stereocenters. The monoisotopic (exact) mass is 430 g/mol. The van der Waals surface area contributed by atoms with E-state index in [0.29, 0.717) is 54.2 Å². The van der Waals surface area contributed by atoms with Gasteiger partial charge in [-0.25, -0.2) is 4.39 Å². The summed E-state index contributed by atoms with van der Waals surface area (Å²) in [4.78, 5) is 21.8. The summed E-state index contributed by atoms with van der Waals surface area (Å²) >= 11 is 0. The third-order valence-corrected chi connectivity index (χ3v) is 5.83. The van der Waals surface area contributed by atoms with E-state index in [1.165, 1.54) is 6.07 Å². The molecule has 0 radical (unpaired) electrons. The lowest BCUT2D eigenvalue weighted by Crippen LogP contribution is -2.35. The topological polar surface area (TPSA) is 62.5 Å². The maximum atomic E-state index is 14.2. The number of hydrogen-bond donors (Lipinski definition) is 0. The van der Waals surface area contributed by atoms with E-state index in [-0.39, 0.29) is 11.7 Å². The van der Waals surface area contributed by atoms with Crippen molar-refractivity contribution < 1.29 is 13.7 Å².